The summed E-state index contributed by atoms with van der Waals surface area (Å²) in [7, 11) is 0. The summed E-state index contributed by atoms with van der Waals surface area (Å²) in [5.41, 5.74) is 8.56. The number of benzene rings is 1. The molecule has 4 rings (SSSR count). The highest BCUT2D eigenvalue weighted by atomic mass is 16.5. The molecule has 0 radical (unpaired) electrons. The summed E-state index contributed by atoms with van der Waals surface area (Å²) < 4.78 is 11.3. The standard InChI is InChI=1S/C14H18N2O3/c1-14(7-17)4-8-2-9(15)10(3-12(8)19-14)16-5-13-11(16)6-18-13/h2-3,11,13,17H,4-7,15H2,1H3/t11-,13?,14?/m0/s1. The Morgan fingerprint density at radius 3 is 2.95 bits per heavy atom. The van der Waals surface area contributed by atoms with Crippen molar-refractivity contribution in [2.75, 3.05) is 30.4 Å². The first kappa shape index (κ1) is 11.4. The van der Waals surface area contributed by atoms with Gasteiger partial charge in [0.25, 0.3) is 0 Å². The van der Waals surface area contributed by atoms with Crippen LogP contribution in [-0.2, 0) is 11.2 Å². The molecule has 0 bridgehead atoms. The van der Waals surface area contributed by atoms with Gasteiger partial charge in [0.05, 0.1) is 36.7 Å². The number of nitrogen functional groups attached to an aromatic ring is 1. The van der Waals surface area contributed by atoms with Crippen molar-refractivity contribution >= 4 is 11.4 Å². The van der Waals surface area contributed by atoms with Gasteiger partial charge in [-0.15, -0.1) is 0 Å². The molecular formula is C14H18N2O3. The normalized spacial score (nSPS) is 34.9. The number of fused-ring (bicyclic) bond motifs is 2. The molecule has 0 spiro atoms. The zero-order chi connectivity index (χ0) is 13.2. The first-order valence-corrected chi connectivity index (χ1v) is 6.70. The van der Waals surface area contributed by atoms with Crippen LogP contribution in [0.5, 0.6) is 5.75 Å². The van der Waals surface area contributed by atoms with Crippen LogP contribution in [0, 0.1) is 0 Å². The van der Waals surface area contributed by atoms with Crippen LogP contribution in [-0.4, -0.2) is 42.6 Å². The third-order valence-electron chi connectivity index (χ3n) is 4.46. The molecule has 3 atom stereocenters. The van der Waals surface area contributed by atoms with Gasteiger partial charge in [-0.2, -0.15) is 0 Å². The van der Waals surface area contributed by atoms with Gasteiger partial charge >= 0.3 is 0 Å². The Balaban J connectivity index is 1.66. The molecule has 2 fully saturated rings. The van der Waals surface area contributed by atoms with Crippen LogP contribution in [0.15, 0.2) is 12.1 Å². The number of aliphatic hydroxyl groups is 1. The van der Waals surface area contributed by atoms with Crippen LogP contribution in [0.2, 0.25) is 0 Å². The van der Waals surface area contributed by atoms with Crippen molar-refractivity contribution in [1.82, 2.24) is 0 Å². The first-order chi connectivity index (χ1) is 9.09. The number of ether oxygens (including phenoxy) is 2. The average molecular weight is 262 g/mol. The highest BCUT2D eigenvalue weighted by Crippen LogP contribution is 2.44. The molecule has 3 aliphatic heterocycles. The van der Waals surface area contributed by atoms with E-state index in [-0.39, 0.29) is 6.61 Å². The first-order valence-electron chi connectivity index (χ1n) is 6.70. The quantitative estimate of drug-likeness (QED) is 0.762. The maximum atomic E-state index is 9.41. The fourth-order valence-electron chi connectivity index (χ4n) is 3.16. The maximum Gasteiger partial charge on any atom is 0.133 e. The summed E-state index contributed by atoms with van der Waals surface area (Å²) in [5, 5.41) is 9.41. The predicted molar refractivity (Wildman–Crippen MR) is 71.6 cm³/mol. The second-order valence-electron chi connectivity index (χ2n) is 6.00. The smallest absolute Gasteiger partial charge is 0.133 e. The number of nitrogens with two attached hydrogens (primary N) is 1. The second-order valence-corrected chi connectivity index (χ2v) is 6.00. The lowest BCUT2D eigenvalue weighted by atomic mass is 9.92. The largest absolute Gasteiger partial charge is 0.484 e. The average Bonchev–Trinajstić information content (AvgIpc) is 2.68. The molecule has 1 aromatic carbocycles. The van der Waals surface area contributed by atoms with Gasteiger partial charge in [0.15, 0.2) is 0 Å². The lowest BCUT2D eigenvalue weighted by Crippen LogP contribution is -2.71. The van der Waals surface area contributed by atoms with E-state index in [1.807, 2.05) is 19.1 Å². The highest BCUT2D eigenvalue weighted by Gasteiger charge is 2.48. The zero-order valence-corrected chi connectivity index (χ0v) is 10.9. The van der Waals surface area contributed by atoms with Gasteiger partial charge in [-0.05, 0) is 13.0 Å². The summed E-state index contributed by atoms with van der Waals surface area (Å²) in [6.45, 7) is 3.63. The van der Waals surface area contributed by atoms with Crippen LogP contribution < -0.4 is 15.4 Å². The fourth-order valence-corrected chi connectivity index (χ4v) is 3.16. The van der Waals surface area contributed by atoms with Crippen LogP contribution in [0.4, 0.5) is 11.4 Å². The van der Waals surface area contributed by atoms with E-state index in [9.17, 15) is 5.11 Å². The Morgan fingerprint density at radius 1 is 1.53 bits per heavy atom. The van der Waals surface area contributed by atoms with Crippen LogP contribution >= 0.6 is 0 Å². The third-order valence-corrected chi connectivity index (χ3v) is 4.46. The van der Waals surface area contributed by atoms with E-state index < -0.39 is 5.60 Å². The van der Waals surface area contributed by atoms with Gasteiger partial charge in [0.2, 0.25) is 0 Å². The van der Waals surface area contributed by atoms with E-state index in [1.165, 1.54) is 0 Å². The van der Waals surface area contributed by atoms with Gasteiger partial charge in [-0.3, -0.25) is 0 Å². The molecule has 2 saturated heterocycles. The number of aliphatic hydroxyl groups excluding tert-OH is 1. The Morgan fingerprint density at radius 2 is 2.37 bits per heavy atom. The second kappa shape index (κ2) is 3.55. The molecule has 2 unspecified atom stereocenters. The highest BCUT2D eigenvalue weighted by molar-refractivity contribution is 5.74. The van der Waals surface area contributed by atoms with E-state index in [2.05, 4.69) is 4.90 Å². The molecule has 1 aromatic rings. The molecule has 5 nitrogen and oxygen atoms in total. The summed E-state index contributed by atoms with van der Waals surface area (Å²) in [5.74, 6) is 0.851. The monoisotopic (exact) mass is 262 g/mol. The lowest BCUT2D eigenvalue weighted by molar-refractivity contribution is -0.113. The van der Waals surface area contributed by atoms with Crippen LogP contribution in [0.1, 0.15) is 12.5 Å². The molecule has 102 valence electrons. The Bertz CT molecular complexity index is 548. The van der Waals surface area contributed by atoms with Crippen molar-refractivity contribution in [3.8, 4) is 5.75 Å². The summed E-state index contributed by atoms with van der Waals surface area (Å²) in [6.07, 6.45) is 1.09. The van der Waals surface area contributed by atoms with Crippen molar-refractivity contribution in [3.05, 3.63) is 17.7 Å². The minimum atomic E-state index is -0.509. The van der Waals surface area contributed by atoms with Crippen LogP contribution in [0.25, 0.3) is 0 Å². The van der Waals surface area contributed by atoms with E-state index in [0.717, 1.165) is 35.8 Å². The summed E-state index contributed by atoms with van der Waals surface area (Å²) in [6, 6.07) is 4.48. The van der Waals surface area contributed by atoms with E-state index in [4.69, 9.17) is 15.2 Å². The number of hydrogen-bond donors (Lipinski definition) is 2. The van der Waals surface area contributed by atoms with Crippen LogP contribution in [0.3, 0.4) is 0 Å². The minimum absolute atomic E-state index is 0.0131. The van der Waals surface area contributed by atoms with E-state index in [1.54, 1.807) is 0 Å². The van der Waals surface area contributed by atoms with Crippen molar-refractivity contribution in [2.24, 2.45) is 0 Å². The van der Waals surface area contributed by atoms with E-state index in [0.29, 0.717) is 18.6 Å². The molecule has 0 aromatic heterocycles. The molecule has 0 aliphatic carbocycles. The van der Waals surface area contributed by atoms with Gasteiger partial charge < -0.3 is 25.2 Å². The lowest BCUT2D eigenvalue weighted by Gasteiger charge is -2.56. The molecule has 0 amide bonds. The van der Waals surface area contributed by atoms with E-state index >= 15 is 0 Å². The Hall–Kier alpha value is -1.46. The van der Waals surface area contributed by atoms with Gasteiger partial charge in [0, 0.05) is 24.6 Å². The molecular weight excluding hydrogens is 244 g/mol. The Labute approximate surface area is 111 Å². The third kappa shape index (κ3) is 1.48. The molecule has 5 heteroatoms. The van der Waals surface area contributed by atoms with Crippen molar-refractivity contribution in [1.29, 1.82) is 0 Å². The van der Waals surface area contributed by atoms with Crippen molar-refractivity contribution in [3.63, 3.8) is 0 Å². The topological polar surface area (TPSA) is 68.0 Å². The van der Waals surface area contributed by atoms with Gasteiger partial charge in [-0.25, -0.2) is 0 Å². The molecule has 0 saturated carbocycles. The molecule has 3 N–H and O–H groups in total. The molecule has 19 heavy (non-hydrogen) atoms. The maximum absolute atomic E-state index is 9.41. The van der Waals surface area contributed by atoms with Gasteiger partial charge in [0.1, 0.15) is 11.4 Å². The SMILES string of the molecule is CC1(CO)Cc2cc(N)c(N3CC4OC[C@@H]43)cc2O1. The molecule has 3 heterocycles. The van der Waals surface area contributed by atoms with Gasteiger partial charge in [-0.1, -0.05) is 0 Å². The number of morpholine rings is 1. The fraction of sp³-hybridized carbons (Fsp3) is 0.571. The molecule has 3 aliphatic rings. The summed E-state index contributed by atoms with van der Waals surface area (Å²) in [4.78, 5) is 2.28. The zero-order valence-electron chi connectivity index (χ0n) is 10.9. The number of hydrogen-bond acceptors (Lipinski definition) is 5. The predicted octanol–water partition coefficient (Wildman–Crippen LogP) is 0.542. The number of anilines is 2. The van der Waals surface area contributed by atoms with Crippen molar-refractivity contribution in [2.45, 2.75) is 31.1 Å². The number of rotatable bonds is 2. The van der Waals surface area contributed by atoms with Crippen molar-refractivity contribution < 1.29 is 14.6 Å². The Kier molecular flexibility index (Phi) is 2.13. The minimum Gasteiger partial charge on any atom is -0.484 e. The summed E-state index contributed by atoms with van der Waals surface area (Å²) >= 11 is 0. The number of nitrogens with zero attached hydrogens (tertiary/aromatic N) is 1.